The Hall–Kier alpha value is -1.73. The van der Waals surface area contributed by atoms with Crippen LogP contribution in [0.2, 0.25) is 0 Å². The van der Waals surface area contributed by atoms with E-state index in [0.29, 0.717) is 24.5 Å². The van der Waals surface area contributed by atoms with Gasteiger partial charge in [0.05, 0.1) is 0 Å². The number of rotatable bonds is 7. The van der Waals surface area contributed by atoms with Crippen LogP contribution in [-0.2, 0) is 0 Å². The second-order valence-electron chi connectivity index (χ2n) is 5.69. The maximum atomic E-state index is 5.81. The number of nitrogens with zero attached hydrogens (tertiary/aromatic N) is 5. The summed E-state index contributed by atoms with van der Waals surface area (Å²) in [5.74, 6) is 1.34. The molecule has 2 N–H and O–H groups in total. The van der Waals surface area contributed by atoms with E-state index in [9.17, 15) is 0 Å². The zero-order chi connectivity index (χ0) is 15.4. The first-order valence-electron chi connectivity index (χ1n) is 7.69. The van der Waals surface area contributed by atoms with Crippen LogP contribution in [0.15, 0.2) is 30.9 Å². The van der Waals surface area contributed by atoms with Gasteiger partial charge in [0.15, 0.2) is 0 Å². The van der Waals surface area contributed by atoms with E-state index < -0.39 is 0 Å². The van der Waals surface area contributed by atoms with Crippen molar-refractivity contribution >= 4 is 16.7 Å². The van der Waals surface area contributed by atoms with E-state index in [0.717, 1.165) is 18.0 Å². The molecule has 0 saturated heterocycles. The molecule has 2 aromatic rings. The number of nitrogens with two attached hydrogens (primary N) is 1. The van der Waals surface area contributed by atoms with Crippen molar-refractivity contribution in [3.8, 4) is 5.95 Å². The minimum atomic E-state index is 0.404. The third-order valence-electron chi connectivity index (χ3n) is 4.18. The lowest BCUT2D eigenvalue weighted by molar-refractivity contribution is 0.462. The number of hydrogen-bond acceptors (Lipinski definition) is 6. The van der Waals surface area contributed by atoms with Gasteiger partial charge in [-0.15, -0.1) is 0 Å². The third-order valence-corrected chi connectivity index (χ3v) is 4.97. The zero-order valence-electron chi connectivity index (χ0n) is 12.8. The first-order valence-corrected chi connectivity index (χ1v) is 8.47. The topological polar surface area (TPSA) is 72.9 Å². The highest BCUT2D eigenvalue weighted by atomic mass is 32.1. The van der Waals surface area contributed by atoms with Gasteiger partial charge >= 0.3 is 0 Å². The maximum absolute atomic E-state index is 5.81. The summed E-state index contributed by atoms with van der Waals surface area (Å²) < 4.78 is 6.25. The standard InChI is InChI=1S/C15H22N6S/c1-20(13(6-7-16)10-12-4-2-3-5-12)15-18-14(19-22-15)21-9-8-17-11-21/h2,4,8-9,11-13H,3,5-7,10,16H2,1H3. The SMILES string of the molecule is CN(c1nc(-n2ccnc2)ns1)C(CCN)CC1C=CCC1. The third kappa shape index (κ3) is 3.36. The Balaban J connectivity index is 1.71. The van der Waals surface area contributed by atoms with Crippen molar-refractivity contribution in [2.24, 2.45) is 11.7 Å². The second-order valence-corrected chi connectivity index (χ2v) is 6.42. The van der Waals surface area contributed by atoms with E-state index in [-0.39, 0.29) is 0 Å². The highest BCUT2D eigenvalue weighted by Gasteiger charge is 2.22. The van der Waals surface area contributed by atoms with E-state index in [4.69, 9.17) is 5.73 Å². The summed E-state index contributed by atoms with van der Waals surface area (Å²) in [6, 6.07) is 0.404. The van der Waals surface area contributed by atoms with Crippen molar-refractivity contribution in [3.05, 3.63) is 30.9 Å². The van der Waals surface area contributed by atoms with Gasteiger partial charge in [-0.25, -0.2) is 4.98 Å². The molecule has 0 fully saturated rings. The molecule has 7 heteroatoms. The van der Waals surface area contributed by atoms with Crippen LogP contribution >= 0.6 is 11.5 Å². The molecule has 2 atom stereocenters. The summed E-state index contributed by atoms with van der Waals surface area (Å²) in [6.07, 6.45) is 14.5. The number of aromatic nitrogens is 4. The van der Waals surface area contributed by atoms with Crippen molar-refractivity contribution in [2.75, 3.05) is 18.5 Å². The monoisotopic (exact) mass is 318 g/mol. The first kappa shape index (κ1) is 15.2. The molecule has 6 nitrogen and oxygen atoms in total. The average Bonchev–Trinajstić information content (AvgIpc) is 3.26. The lowest BCUT2D eigenvalue weighted by atomic mass is 9.96. The Bertz CT molecular complexity index is 605. The molecule has 0 spiro atoms. The van der Waals surface area contributed by atoms with Gasteiger partial charge in [0.2, 0.25) is 11.1 Å². The van der Waals surface area contributed by atoms with E-state index in [2.05, 4.69) is 38.4 Å². The van der Waals surface area contributed by atoms with Crippen LogP contribution in [0.4, 0.5) is 5.13 Å². The van der Waals surface area contributed by atoms with Crippen LogP contribution < -0.4 is 10.6 Å². The Morgan fingerprint density at radius 1 is 1.55 bits per heavy atom. The summed E-state index contributed by atoms with van der Waals surface area (Å²) >= 11 is 1.43. The Morgan fingerprint density at radius 3 is 3.14 bits per heavy atom. The summed E-state index contributed by atoms with van der Waals surface area (Å²) in [5, 5.41) is 0.934. The van der Waals surface area contributed by atoms with Gasteiger partial charge < -0.3 is 10.6 Å². The van der Waals surface area contributed by atoms with Gasteiger partial charge in [-0.1, -0.05) is 12.2 Å². The fourth-order valence-electron chi connectivity index (χ4n) is 2.89. The van der Waals surface area contributed by atoms with Gasteiger partial charge in [-0.3, -0.25) is 4.57 Å². The molecule has 22 heavy (non-hydrogen) atoms. The van der Waals surface area contributed by atoms with Crippen LogP contribution in [0.5, 0.6) is 0 Å². The highest BCUT2D eigenvalue weighted by molar-refractivity contribution is 7.09. The predicted molar refractivity (Wildman–Crippen MR) is 89.4 cm³/mol. The van der Waals surface area contributed by atoms with Crippen molar-refractivity contribution in [3.63, 3.8) is 0 Å². The Kier molecular flexibility index (Phi) is 4.84. The molecular weight excluding hydrogens is 296 g/mol. The molecule has 0 radical (unpaired) electrons. The molecule has 2 heterocycles. The van der Waals surface area contributed by atoms with Crippen LogP contribution in [0.1, 0.15) is 25.7 Å². The number of hydrogen-bond donors (Lipinski definition) is 1. The van der Waals surface area contributed by atoms with Gasteiger partial charge in [0.1, 0.15) is 6.33 Å². The molecule has 1 aliphatic rings. The molecular formula is C15H22N6S. The molecule has 3 rings (SSSR count). The molecule has 0 bridgehead atoms. The molecule has 0 aliphatic heterocycles. The Morgan fingerprint density at radius 2 is 2.45 bits per heavy atom. The van der Waals surface area contributed by atoms with E-state index in [1.54, 1.807) is 12.5 Å². The van der Waals surface area contributed by atoms with Crippen molar-refractivity contribution in [2.45, 2.75) is 31.7 Å². The summed E-state index contributed by atoms with van der Waals surface area (Å²) in [5.41, 5.74) is 5.81. The van der Waals surface area contributed by atoms with Crippen molar-refractivity contribution < 1.29 is 0 Å². The summed E-state index contributed by atoms with van der Waals surface area (Å²) in [4.78, 5) is 10.9. The molecule has 0 aromatic carbocycles. The van der Waals surface area contributed by atoms with Gasteiger partial charge in [-0.05, 0) is 38.1 Å². The average molecular weight is 318 g/mol. The molecule has 2 aromatic heterocycles. The highest BCUT2D eigenvalue weighted by Crippen LogP contribution is 2.28. The van der Waals surface area contributed by atoms with Crippen LogP contribution in [-0.4, -0.2) is 38.5 Å². The molecule has 118 valence electrons. The number of anilines is 1. The zero-order valence-corrected chi connectivity index (χ0v) is 13.6. The van der Waals surface area contributed by atoms with Gasteiger partial charge in [0.25, 0.3) is 0 Å². The molecule has 1 aliphatic carbocycles. The van der Waals surface area contributed by atoms with Crippen LogP contribution in [0.3, 0.4) is 0 Å². The maximum Gasteiger partial charge on any atom is 0.248 e. The van der Waals surface area contributed by atoms with Crippen LogP contribution in [0, 0.1) is 5.92 Å². The number of imidazole rings is 1. The molecule has 2 unspecified atom stereocenters. The van der Waals surface area contributed by atoms with Crippen molar-refractivity contribution in [1.82, 2.24) is 18.9 Å². The van der Waals surface area contributed by atoms with E-state index in [1.165, 1.54) is 24.4 Å². The first-order chi connectivity index (χ1) is 10.8. The van der Waals surface area contributed by atoms with Crippen LogP contribution in [0.25, 0.3) is 5.95 Å². The van der Waals surface area contributed by atoms with E-state index >= 15 is 0 Å². The summed E-state index contributed by atoms with van der Waals surface area (Å²) in [6.45, 7) is 0.693. The lowest BCUT2D eigenvalue weighted by Crippen LogP contribution is -2.35. The van der Waals surface area contributed by atoms with Gasteiger partial charge in [-0.2, -0.15) is 9.36 Å². The molecule has 0 amide bonds. The minimum Gasteiger partial charge on any atom is -0.347 e. The smallest absolute Gasteiger partial charge is 0.248 e. The van der Waals surface area contributed by atoms with Gasteiger partial charge in [0, 0.05) is 37.0 Å². The normalized spacial score (nSPS) is 18.7. The fourth-order valence-corrected chi connectivity index (χ4v) is 3.59. The fraction of sp³-hybridized carbons (Fsp3) is 0.533. The number of allylic oxidation sites excluding steroid dienone is 2. The second kappa shape index (κ2) is 7.02. The lowest BCUT2D eigenvalue weighted by Gasteiger charge is -2.29. The molecule has 0 saturated carbocycles. The largest absolute Gasteiger partial charge is 0.347 e. The minimum absolute atomic E-state index is 0.404. The predicted octanol–water partition coefficient (Wildman–Crippen LogP) is 2.23. The Labute approximate surface area is 134 Å². The quantitative estimate of drug-likeness (QED) is 0.793. The summed E-state index contributed by atoms with van der Waals surface area (Å²) in [7, 11) is 2.09. The van der Waals surface area contributed by atoms with Crippen molar-refractivity contribution in [1.29, 1.82) is 0 Å². The van der Waals surface area contributed by atoms with E-state index in [1.807, 2.05) is 10.8 Å².